The second kappa shape index (κ2) is 4.77. The highest BCUT2D eigenvalue weighted by Crippen LogP contribution is 2.04. The third-order valence-corrected chi connectivity index (χ3v) is 1.68. The van der Waals surface area contributed by atoms with E-state index in [9.17, 15) is 4.79 Å². The van der Waals surface area contributed by atoms with Crippen LogP contribution in [0.4, 0.5) is 0 Å². The standard InChI is InChI=1S/C11H15NO2/c1-9(2)14-12(3)11(13)10-7-5-4-6-8-10/h4-9H,1-3H3. The van der Waals surface area contributed by atoms with Crippen LogP contribution in [0.15, 0.2) is 30.3 Å². The molecule has 0 bridgehead atoms. The lowest BCUT2D eigenvalue weighted by Gasteiger charge is -2.19. The number of carbonyl (C=O) groups is 1. The first-order valence-corrected chi connectivity index (χ1v) is 4.61. The van der Waals surface area contributed by atoms with Crippen LogP contribution in [-0.2, 0) is 4.84 Å². The second-order valence-corrected chi connectivity index (χ2v) is 3.32. The van der Waals surface area contributed by atoms with Crippen molar-refractivity contribution in [3.63, 3.8) is 0 Å². The zero-order valence-electron chi connectivity index (χ0n) is 8.73. The summed E-state index contributed by atoms with van der Waals surface area (Å²) >= 11 is 0. The lowest BCUT2D eigenvalue weighted by molar-refractivity contribution is -0.136. The summed E-state index contributed by atoms with van der Waals surface area (Å²) in [5, 5.41) is 1.26. The van der Waals surface area contributed by atoms with E-state index in [1.165, 1.54) is 5.06 Å². The lowest BCUT2D eigenvalue weighted by atomic mass is 10.2. The van der Waals surface area contributed by atoms with E-state index in [1.807, 2.05) is 32.0 Å². The van der Waals surface area contributed by atoms with Crippen LogP contribution in [0, 0.1) is 0 Å². The van der Waals surface area contributed by atoms with E-state index in [0.717, 1.165) is 0 Å². The largest absolute Gasteiger partial charge is 0.277 e. The number of hydrogen-bond acceptors (Lipinski definition) is 2. The van der Waals surface area contributed by atoms with Crippen LogP contribution in [-0.4, -0.2) is 24.1 Å². The summed E-state index contributed by atoms with van der Waals surface area (Å²) in [6.07, 6.45) is 0.00709. The van der Waals surface area contributed by atoms with E-state index >= 15 is 0 Å². The minimum Gasteiger partial charge on any atom is -0.268 e. The van der Waals surface area contributed by atoms with Crippen molar-refractivity contribution in [2.24, 2.45) is 0 Å². The molecule has 0 unspecified atom stereocenters. The van der Waals surface area contributed by atoms with E-state index < -0.39 is 0 Å². The highest BCUT2D eigenvalue weighted by Gasteiger charge is 2.12. The van der Waals surface area contributed by atoms with Gasteiger partial charge in [0.15, 0.2) is 0 Å². The summed E-state index contributed by atoms with van der Waals surface area (Å²) < 4.78 is 0. The minimum atomic E-state index is -0.126. The molecule has 0 fully saturated rings. The molecule has 1 aromatic rings. The molecule has 0 spiro atoms. The minimum absolute atomic E-state index is 0.00709. The summed E-state index contributed by atoms with van der Waals surface area (Å²) in [7, 11) is 1.62. The van der Waals surface area contributed by atoms with Gasteiger partial charge in [0.1, 0.15) is 0 Å². The summed E-state index contributed by atoms with van der Waals surface area (Å²) in [5.74, 6) is -0.126. The second-order valence-electron chi connectivity index (χ2n) is 3.32. The van der Waals surface area contributed by atoms with Crippen molar-refractivity contribution in [3.05, 3.63) is 35.9 Å². The molecule has 0 aliphatic carbocycles. The molecule has 3 heteroatoms. The Bertz CT molecular complexity index is 295. The maximum absolute atomic E-state index is 11.7. The number of rotatable bonds is 3. The fourth-order valence-electron chi connectivity index (χ4n) is 1.13. The van der Waals surface area contributed by atoms with Gasteiger partial charge >= 0.3 is 0 Å². The molecular formula is C11H15NO2. The quantitative estimate of drug-likeness (QED) is 0.688. The highest BCUT2D eigenvalue weighted by atomic mass is 16.7. The van der Waals surface area contributed by atoms with Crippen molar-refractivity contribution in [2.45, 2.75) is 20.0 Å². The summed E-state index contributed by atoms with van der Waals surface area (Å²) in [6, 6.07) is 9.07. The van der Waals surface area contributed by atoms with Gasteiger partial charge in [-0.3, -0.25) is 9.63 Å². The molecule has 76 valence electrons. The van der Waals surface area contributed by atoms with E-state index in [-0.39, 0.29) is 12.0 Å². The molecule has 0 heterocycles. The molecule has 0 aliphatic heterocycles. The number of hydrogen-bond donors (Lipinski definition) is 0. The van der Waals surface area contributed by atoms with Crippen LogP contribution in [0.2, 0.25) is 0 Å². The molecular weight excluding hydrogens is 178 g/mol. The Kier molecular flexibility index (Phi) is 3.65. The Morgan fingerprint density at radius 1 is 1.29 bits per heavy atom. The molecule has 14 heavy (non-hydrogen) atoms. The maximum atomic E-state index is 11.7. The molecule has 3 nitrogen and oxygen atoms in total. The van der Waals surface area contributed by atoms with Crippen LogP contribution in [0.3, 0.4) is 0 Å². The van der Waals surface area contributed by atoms with E-state index in [0.29, 0.717) is 5.56 Å². The first-order valence-electron chi connectivity index (χ1n) is 4.61. The number of carbonyl (C=O) groups excluding carboxylic acids is 1. The van der Waals surface area contributed by atoms with Gasteiger partial charge < -0.3 is 0 Å². The van der Waals surface area contributed by atoms with Crippen LogP contribution in [0.1, 0.15) is 24.2 Å². The molecule has 1 aromatic carbocycles. The number of hydroxylamine groups is 2. The van der Waals surface area contributed by atoms with Crippen LogP contribution in [0.25, 0.3) is 0 Å². The number of nitrogens with zero attached hydrogens (tertiary/aromatic N) is 1. The monoisotopic (exact) mass is 193 g/mol. The Morgan fingerprint density at radius 2 is 1.86 bits per heavy atom. The van der Waals surface area contributed by atoms with Gasteiger partial charge in [-0.15, -0.1) is 0 Å². The van der Waals surface area contributed by atoms with Gasteiger partial charge in [0.25, 0.3) is 5.91 Å². The molecule has 1 rings (SSSR count). The Morgan fingerprint density at radius 3 is 2.36 bits per heavy atom. The summed E-state index contributed by atoms with van der Waals surface area (Å²) in [5.41, 5.74) is 0.635. The zero-order valence-corrected chi connectivity index (χ0v) is 8.73. The van der Waals surface area contributed by atoms with Gasteiger partial charge in [-0.05, 0) is 26.0 Å². The first kappa shape index (κ1) is 10.7. The van der Waals surface area contributed by atoms with Gasteiger partial charge in [0.05, 0.1) is 6.10 Å². The third-order valence-electron chi connectivity index (χ3n) is 1.68. The molecule has 0 aromatic heterocycles. The van der Waals surface area contributed by atoms with E-state index in [4.69, 9.17) is 4.84 Å². The average molecular weight is 193 g/mol. The average Bonchev–Trinajstić information content (AvgIpc) is 2.17. The molecule has 0 radical (unpaired) electrons. The predicted octanol–water partition coefficient (Wildman–Crippen LogP) is 2.10. The van der Waals surface area contributed by atoms with E-state index in [1.54, 1.807) is 19.2 Å². The first-order chi connectivity index (χ1) is 6.61. The van der Waals surface area contributed by atoms with Crippen molar-refractivity contribution >= 4 is 5.91 Å². The molecule has 0 aliphatic rings. The maximum Gasteiger partial charge on any atom is 0.277 e. The van der Waals surface area contributed by atoms with Crippen molar-refractivity contribution < 1.29 is 9.63 Å². The lowest BCUT2D eigenvalue weighted by Crippen LogP contribution is -2.29. The third kappa shape index (κ3) is 2.85. The van der Waals surface area contributed by atoms with Gasteiger partial charge in [0, 0.05) is 12.6 Å². The fourth-order valence-corrected chi connectivity index (χ4v) is 1.13. The molecule has 0 saturated heterocycles. The normalized spacial score (nSPS) is 10.3. The van der Waals surface area contributed by atoms with Crippen molar-refractivity contribution in [1.82, 2.24) is 5.06 Å². The smallest absolute Gasteiger partial charge is 0.268 e. The summed E-state index contributed by atoms with van der Waals surface area (Å²) in [6.45, 7) is 3.77. The van der Waals surface area contributed by atoms with Gasteiger partial charge in [-0.25, -0.2) is 5.06 Å². The number of amides is 1. The predicted molar refractivity (Wildman–Crippen MR) is 54.8 cm³/mol. The van der Waals surface area contributed by atoms with Gasteiger partial charge in [0.2, 0.25) is 0 Å². The highest BCUT2D eigenvalue weighted by molar-refractivity contribution is 5.93. The SMILES string of the molecule is CC(C)ON(C)C(=O)c1ccccc1. The number of benzene rings is 1. The molecule has 0 atom stereocenters. The zero-order chi connectivity index (χ0) is 10.6. The van der Waals surface area contributed by atoms with Gasteiger partial charge in [-0.2, -0.15) is 0 Å². The Labute approximate surface area is 84.2 Å². The van der Waals surface area contributed by atoms with E-state index in [2.05, 4.69) is 0 Å². The summed E-state index contributed by atoms with van der Waals surface area (Å²) in [4.78, 5) is 16.9. The Hall–Kier alpha value is -1.35. The van der Waals surface area contributed by atoms with Crippen LogP contribution < -0.4 is 0 Å². The molecule has 0 saturated carbocycles. The fraction of sp³-hybridized carbons (Fsp3) is 0.364. The van der Waals surface area contributed by atoms with Gasteiger partial charge in [-0.1, -0.05) is 18.2 Å². The van der Waals surface area contributed by atoms with Crippen molar-refractivity contribution in [1.29, 1.82) is 0 Å². The van der Waals surface area contributed by atoms with Crippen molar-refractivity contribution in [3.8, 4) is 0 Å². The van der Waals surface area contributed by atoms with Crippen molar-refractivity contribution in [2.75, 3.05) is 7.05 Å². The van der Waals surface area contributed by atoms with Crippen LogP contribution in [0.5, 0.6) is 0 Å². The molecule has 0 N–H and O–H groups in total. The van der Waals surface area contributed by atoms with Crippen LogP contribution >= 0.6 is 0 Å². The molecule has 1 amide bonds. The topological polar surface area (TPSA) is 29.5 Å². The Balaban J connectivity index is 2.66.